The molecular formula is C16H21N7S. The number of tetrazole rings is 1. The van der Waals surface area contributed by atoms with E-state index in [0.29, 0.717) is 11.8 Å². The van der Waals surface area contributed by atoms with Crippen LogP contribution in [-0.4, -0.2) is 49.6 Å². The molecule has 0 spiro atoms. The van der Waals surface area contributed by atoms with E-state index in [1.165, 1.54) is 47.9 Å². The minimum Gasteiger partial charge on any atom is -0.367 e. The van der Waals surface area contributed by atoms with Gasteiger partial charge >= 0.3 is 0 Å². The zero-order valence-electron chi connectivity index (χ0n) is 13.8. The molecule has 1 fully saturated rings. The number of thiophene rings is 1. The number of aromatic nitrogens is 5. The highest BCUT2D eigenvalue weighted by atomic mass is 32.1. The number of hydrogen-bond donors (Lipinski definition) is 1. The van der Waals surface area contributed by atoms with E-state index in [1.54, 1.807) is 4.52 Å². The van der Waals surface area contributed by atoms with Gasteiger partial charge in [-0.1, -0.05) is 24.4 Å². The molecule has 3 aromatic heterocycles. The molecule has 2 aliphatic rings. The third-order valence-corrected chi connectivity index (χ3v) is 6.46. The van der Waals surface area contributed by atoms with E-state index in [4.69, 9.17) is 4.98 Å². The molecule has 1 saturated carbocycles. The summed E-state index contributed by atoms with van der Waals surface area (Å²) in [5.74, 6) is 1.58. The molecule has 1 aliphatic carbocycles. The van der Waals surface area contributed by atoms with E-state index in [1.807, 2.05) is 11.3 Å². The van der Waals surface area contributed by atoms with Gasteiger partial charge in [-0.25, -0.2) is 0 Å². The summed E-state index contributed by atoms with van der Waals surface area (Å²) in [6, 6.07) is 0.523. The second-order valence-corrected chi connectivity index (χ2v) is 8.09. The summed E-state index contributed by atoms with van der Waals surface area (Å²) in [7, 11) is 2.18. The van der Waals surface area contributed by atoms with Gasteiger partial charge in [0.2, 0.25) is 0 Å². The van der Waals surface area contributed by atoms with Gasteiger partial charge < -0.3 is 10.2 Å². The molecule has 3 aromatic rings. The molecule has 4 heterocycles. The first-order valence-electron chi connectivity index (χ1n) is 8.77. The van der Waals surface area contributed by atoms with Crippen molar-refractivity contribution in [2.24, 2.45) is 0 Å². The van der Waals surface area contributed by atoms with Gasteiger partial charge in [0.05, 0.1) is 5.39 Å². The van der Waals surface area contributed by atoms with Gasteiger partial charge in [0.15, 0.2) is 0 Å². The Morgan fingerprint density at radius 1 is 1.21 bits per heavy atom. The minimum absolute atomic E-state index is 0.523. The fourth-order valence-electron chi connectivity index (χ4n) is 3.99. The van der Waals surface area contributed by atoms with Gasteiger partial charge in [-0.3, -0.25) is 0 Å². The molecule has 0 radical (unpaired) electrons. The van der Waals surface area contributed by atoms with Crippen molar-refractivity contribution in [1.82, 2.24) is 29.9 Å². The van der Waals surface area contributed by atoms with Gasteiger partial charge in [-0.05, 0) is 42.3 Å². The summed E-state index contributed by atoms with van der Waals surface area (Å²) in [6.07, 6.45) is 7.50. The van der Waals surface area contributed by atoms with Crippen molar-refractivity contribution in [3.63, 3.8) is 0 Å². The fourth-order valence-corrected chi connectivity index (χ4v) is 5.37. The third kappa shape index (κ3) is 2.28. The predicted molar refractivity (Wildman–Crippen MR) is 94.5 cm³/mol. The predicted octanol–water partition coefficient (Wildman–Crippen LogP) is 2.47. The summed E-state index contributed by atoms with van der Waals surface area (Å²) in [5.41, 5.74) is 1.44. The lowest BCUT2D eigenvalue weighted by Crippen LogP contribution is -2.26. The number of nitrogens with zero attached hydrogens (tertiary/aromatic N) is 6. The Labute approximate surface area is 144 Å². The molecule has 1 aliphatic heterocycles. The Kier molecular flexibility index (Phi) is 3.41. The molecule has 1 N–H and O–H groups in total. The molecule has 7 nitrogen and oxygen atoms in total. The summed E-state index contributed by atoms with van der Waals surface area (Å²) in [5, 5.41) is 17.0. The lowest BCUT2D eigenvalue weighted by molar-refractivity contribution is 0.318. The maximum Gasteiger partial charge on any atom is 0.276 e. The van der Waals surface area contributed by atoms with Crippen molar-refractivity contribution < 1.29 is 0 Å². The molecular weight excluding hydrogens is 322 g/mol. The van der Waals surface area contributed by atoms with E-state index in [-0.39, 0.29) is 0 Å². The largest absolute Gasteiger partial charge is 0.367 e. The van der Waals surface area contributed by atoms with Crippen molar-refractivity contribution in [2.75, 3.05) is 18.9 Å². The number of fused-ring (bicyclic) bond motifs is 5. The van der Waals surface area contributed by atoms with Gasteiger partial charge in [-0.15, -0.1) is 11.3 Å². The van der Waals surface area contributed by atoms with Crippen LogP contribution in [0.5, 0.6) is 0 Å². The lowest BCUT2D eigenvalue weighted by atomic mass is 9.95. The van der Waals surface area contributed by atoms with Crippen LogP contribution in [0.2, 0.25) is 0 Å². The van der Waals surface area contributed by atoms with Crippen molar-refractivity contribution in [3.8, 4) is 0 Å². The first-order valence-corrected chi connectivity index (χ1v) is 9.58. The number of likely N-dealkylation sites (N-methyl/N-ethyl adjacent to an activating group) is 1. The highest BCUT2D eigenvalue weighted by molar-refractivity contribution is 7.19. The molecule has 0 aromatic carbocycles. The van der Waals surface area contributed by atoms with Gasteiger partial charge in [0.1, 0.15) is 10.6 Å². The molecule has 0 amide bonds. The summed E-state index contributed by atoms with van der Waals surface area (Å²) in [6.45, 7) is 2.09. The van der Waals surface area contributed by atoms with E-state index < -0.39 is 0 Å². The van der Waals surface area contributed by atoms with Crippen molar-refractivity contribution in [1.29, 1.82) is 0 Å². The Bertz CT molecular complexity index is 893. The van der Waals surface area contributed by atoms with Crippen molar-refractivity contribution >= 4 is 33.1 Å². The second kappa shape index (κ2) is 5.63. The lowest BCUT2D eigenvalue weighted by Gasteiger charge is -2.25. The Morgan fingerprint density at radius 3 is 2.96 bits per heavy atom. The van der Waals surface area contributed by atoms with Crippen LogP contribution < -0.4 is 5.32 Å². The maximum atomic E-state index is 4.77. The Hall–Kier alpha value is -1.80. The molecule has 8 heteroatoms. The zero-order valence-corrected chi connectivity index (χ0v) is 14.6. The zero-order chi connectivity index (χ0) is 16.1. The van der Waals surface area contributed by atoms with Gasteiger partial charge in [-0.2, -0.15) is 9.50 Å². The molecule has 126 valence electrons. The summed E-state index contributed by atoms with van der Waals surface area (Å²) >= 11 is 1.81. The summed E-state index contributed by atoms with van der Waals surface area (Å²) in [4.78, 5) is 9.69. The van der Waals surface area contributed by atoms with E-state index in [9.17, 15) is 0 Å². The second-order valence-electron chi connectivity index (χ2n) is 7.00. The first kappa shape index (κ1) is 14.5. The van der Waals surface area contributed by atoms with Crippen LogP contribution in [0.1, 0.15) is 42.5 Å². The van der Waals surface area contributed by atoms with Crippen molar-refractivity contribution in [3.05, 3.63) is 10.4 Å². The standard InChI is InChI=1S/C16H21N7S/c1-22-8-7-11-12(9-22)24-15-13(11)14(17-10-5-3-2-4-6-10)18-16-19-20-21-23(15)16/h10H,2-9H2,1H3,(H,17,18,19,21). The average molecular weight is 343 g/mol. The normalized spacial score (nSPS) is 19.9. The quantitative estimate of drug-likeness (QED) is 0.771. The van der Waals surface area contributed by atoms with Gasteiger partial charge in [0, 0.05) is 24.0 Å². The molecule has 0 atom stereocenters. The molecule has 0 bridgehead atoms. The molecule has 0 unspecified atom stereocenters. The summed E-state index contributed by atoms with van der Waals surface area (Å²) < 4.78 is 1.80. The molecule has 0 saturated heterocycles. The average Bonchev–Trinajstić information content (AvgIpc) is 3.19. The van der Waals surface area contributed by atoms with Crippen LogP contribution in [0.3, 0.4) is 0 Å². The van der Waals surface area contributed by atoms with E-state index in [2.05, 4.69) is 32.8 Å². The third-order valence-electron chi connectivity index (χ3n) is 5.27. The van der Waals surface area contributed by atoms with Crippen molar-refractivity contribution in [2.45, 2.75) is 51.1 Å². The van der Waals surface area contributed by atoms with Crippen LogP contribution in [-0.2, 0) is 13.0 Å². The maximum absolute atomic E-state index is 4.77. The molecule has 5 rings (SSSR count). The Morgan fingerprint density at radius 2 is 2.08 bits per heavy atom. The van der Waals surface area contributed by atoms with Crippen LogP contribution in [0, 0.1) is 0 Å². The van der Waals surface area contributed by atoms with Crippen LogP contribution in [0.25, 0.3) is 16.0 Å². The number of anilines is 1. The number of nitrogens with one attached hydrogen (secondary N) is 1. The van der Waals surface area contributed by atoms with E-state index in [0.717, 1.165) is 30.2 Å². The molecule has 24 heavy (non-hydrogen) atoms. The highest BCUT2D eigenvalue weighted by Crippen LogP contribution is 2.38. The number of rotatable bonds is 2. The minimum atomic E-state index is 0.523. The van der Waals surface area contributed by atoms with E-state index >= 15 is 0 Å². The van der Waals surface area contributed by atoms with Gasteiger partial charge in [0.25, 0.3) is 5.78 Å². The smallest absolute Gasteiger partial charge is 0.276 e. The Balaban J connectivity index is 1.68. The van der Waals surface area contributed by atoms with Crippen LogP contribution >= 0.6 is 11.3 Å². The fraction of sp³-hybridized carbons (Fsp3) is 0.625. The monoisotopic (exact) mass is 343 g/mol. The van der Waals surface area contributed by atoms with Crippen LogP contribution in [0.4, 0.5) is 5.82 Å². The topological polar surface area (TPSA) is 71.2 Å². The number of hydrogen-bond acceptors (Lipinski definition) is 7. The SMILES string of the molecule is CN1CCc2c(sc3c2c(NC2CCCCC2)nc2nnnn23)C1. The first-order chi connectivity index (χ1) is 11.8. The highest BCUT2D eigenvalue weighted by Gasteiger charge is 2.25. The van der Waals surface area contributed by atoms with Crippen LogP contribution in [0.15, 0.2) is 0 Å².